The van der Waals surface area contributed by atoms with Crippen LogP contribution in [0.4, 0.5) is 0 Å². The first-order chi connectivity index (χ1) is 6.81. The molecule has 0 atom stereocenters. The number of hydrogen-bond acceptors (Lipinski definition) is 4. The Morgan fingerprint density at radius 1 is 1.64 bits per heavy atom. The first-order valence-electron chi connectivity index (χ1n) is 4.17. The molecule has 2 rings (SSSR count). The van der Waals surface area contributed by atoms with Crippen molar-refractivity contribution in [1.29, 1.82) is 0 Å². The minimum absolute atomic E-state index is 0.431. The van der Waals surface area contributed by atoms with E-state index in [1.54, 1.807) is 23.1 Å². The molecule has 5 heteroatoms. The molecule has 2 heterocycles. The van der Waals surface area contributed by atoms with Gasteiger partial charge in [-0.2, -0.15) is 0 Å². The summed E-state index contributed by atoms with van der Waals surface area (Å²) in [6.45, 7) is 0. The van der Waals surface area contributed by atoms with Gasteiger partial charge < -0.3 is 0 Å². The second-order valence-electron chi connectivity index (χ2n) is 2.92. The Morgan fingerprint density at radius 2 is 2.50 bits per heavy atom. The van der Waals surface area contributed by atoms with Crippen molar-refractivity contribution < 1.29 is 4.79 Å². The summed E-state index contributed by atoms with van der Waals surface area (Å²) < 4.78 is 1.64. The molecule has 72 valence electrons. The molecule has 0 N–H and O–H groups in total. The fourth-order valence-corrected chi connectivity index (χ4v) is 1.98. The molecule has 0 aliphatic carbocycles. The zero-order chi connectivity index (χ0) is 9.97. The monoisotopic (exact) mass is 207 g/mol. The number of aldehydes is 1. The van der Waals surface area contributed by atoms with Crippen LogP contribution >= 0.6 is 11.3 Å². The third-order valence-corrected chi connectivity index (χ3v) is 2.88. The molecule has 0 aliphatic rings. The lowest BCUT2D eigenvalue weighted by Gasteiger charge is -1.98. The van der Waals surface area contributed by atoms with Gasteiger partial charge in [-0.1, -0.05) is 11.3 Å². The van der Waals surface area contributed by atoms with Crippen LogP contribution in [-0.4, -0.2) is 21.3 Å². The third kappa shape index (κ3) is 1.58. The summed E-state index contributed by atoms with van der Waals surface area (Å²) in [5.41, 5.74) is 1.29. The van der Waals surface area contributed by atoms with Gasteiger partial charge >= 0.3 is 0 Å². The summed E-state index contributed by atoms with van der Waals surface area (Å²) in [6, 6.07) is 4.02. The van der Waals surface area contributed by atoms with Gasteiger partial charge in [0, 0.05) is 18.3 Å². The summed E-state index contributed by atoms with van der Waals surface area (Å²) in [6.07, 6.45) is 1.46. The van der Waals surface area contributed by atoms with E-state index in [0.29, 0.717) is 5.69 Å². The van der Waals surface area contributed by atoms with Crippen LogP contribution in [0.25, 0.3) is 0 Å². The number of nitrogens with zero attached hydrogens (tertiary/aromatic N) is 3. The van der Waals surface area contributed by atoms with E-state index < -0.39 is 0 Å². The van der Waals surface area contributed by atoms with Crippen LogP contribution in [0.5, 0.6) is 0 Å². The minimum Gasteiger partial charge on any atom is -0.296 e. The number of carbonyl (C=O) groups excluding carboxylic acids is 1. The molecule has 4 nitrogen and oxygen atoms in total. The molecular formula is C9H9N3OS. The summed E-state index contributed by atoms with van der Waals surface area (Å²) >= 11 is 1.66. The predicted octanol–water partition coefficient (Wildman–Crippen LogP) is 1.28. The molecule has 0 radical (unpaired) electrons. The third-order valence-electron chi connectivity index (χ3n) is 2.01. The molecule has 0 saturated carbocycles. The van der Waals surface area contributed by atoms with Crippen molar-refractivity contribution in [2.45, 2.75) is 6.42 Å². The Bertz CT molecular complexity index is 433. The molecule has 0 bridgehead atoms. The van der Waals surface area contributed by atoms with Crippen molar-refractivity contribution in [1.82, 2.24) is 15.0 Å². The quantitative estimate of drug-likeness (QED) is 0.712. The minimum atomic E-state index is 0.431. The maximum absolute atomic E-state index is 10.7. The Balaban J connectivity index is 2.32. The lowest BCUT2D eigenvalue weighted by molar-refractivity contribution is 0.111. The Morgan fingerprint density at radius 3 is 3.14 bits per heavy atom. The second-order valence-corrected chi connectivity index (χ2v) is 3.95. The SMILES string of the molecule is Cn1nnc(C=O)c1Cc1cccs1. The van der Waals surface area contributed by atoms with Gasteiger partial charge in [-0.05, 0) is 11.4 Å². The van der Waals surface area contributed by atoms with E-state index >= 15 is 0 Å². The molecule has 0 aliphatic heterocycles. The predicted molar refractivity (Wildman–Crippen MR) is 53.5 cm³/mol. The molecule has 14 heavy (non-hydrogen) atoms. The van der Waals surface area contributed by atoms with Crippen molar-refractivity contribution in [3.8, 4) is 0 Å². The number of carbonyl (C=O) groups is 1. The van der Waals surface area contributed by atoms with Crippen molar-refractivity contribution in [3.05, 3.63) is 33.8 Å². The summed E-state index contributed by atoms with van der Waals surface area (Å²) in [7, 11) is 1.79. The zero-order valence-electron chi connectivity index (χ0n) is 7.67. The average molecular weight is 207 g/mol. The van der Waals surface area contributed by atoms with Crippen molar-refractivity contribution in [2.75, 3.05) is 0 Å². The Labute approximate surface area is 85.2 Å². The number of thiophene rings is 1. The van der Waals surface area contributed by atoms with E-state index in [-0.39, 0.29) is 0 Å². The fraction of sp³-hybridized carbons (Fsp3) is 0.222. The Hall–Kier alpha value is -1.49. The highest BCUT2D eigenvalue weighted by Crippen LogP contribution is 2.15. The van der Waals surface area contributed by atoms with Crippen LogP contribution in [0.3, 0.4) is 0 Å². The smallest absolute Gasteiger partial charge is 0.172 e. The molecule has 0 fully saturated rings. The van der Waals surface area contributed by atoms with Gasteiger partial charge in [0.2, 0.25) is 0 Å². The molecule has 0 aromatic carbocycles. The van der Waals surface area contributed by atoms with Crippen LogP contribution in [0.15, 0.2) is 17.5 Å². The van der Waals surface area contributed by atoms with Crippen LogP contribution in [0.1, 0.15) is 21.1 Å². The van der Waals surface area contributed by atoms with E-state index in [2.05, 4.69) is 10.3 Å². The molecule has 2 aromatic heterocycles. The molecule has 0 spiro atoms. The topological polar surface area (TPSA) is 47.8 Å². The van der Waals surface area contributed by atoms with Gasteiger partial charge in [0.15, 0.2) is 6.29 Å². The second kappa shape index (κ2) is 3.71. The van der Waals surface area contributed by atoms with Crippen LogP contribution in [-0.2, 0) is 13.5 Å². The highest BCUT2D eigenvalue weighted by atomic mass is 32.1. The van der Waals surface area contributed by atoms with E-state index in [9.17, 15) is 4.79 Å². The van der Waals surface area contributed by atoms with Crippen LogP contribution < -0.4 is 0 Å². The normalized spacial score (nSPS) is 10.4. The lowest BCUT2D eigenvalue weighted by atomic mass is 10.2. The molecule has 0 amide bonds. The van der Waals surface area contributed by atoms with Gasteiger partial charge in [-0.3, -0.25) is 9.48 Å². The zero-order valence-corrected chi connectivity index (χ0v) is 8.49. The van der Waals surface area contributed by atoms with Crippen LogP contribution in [0, 0.1) is 0 Å². The lowest BCUT2D eigenvalue weighted by Crippen LogP contribution is -2.00. The molecule has 0 unspecified atom stereocenters. The summed E-state index contributed by atoms with van der Waals surface area (Å²) in [5.74, 6) is 0. The highest BCUT2D eigenvalue weighted by Gasteiger charge is 2.10. The summed E-state index contributed by atoms with van der Waals surface area (Å²) in [4.78, 5) is 11.9. The van der Waals surface area contributed by atoms with E-state index in [4.69, 9.17) is 0 Å². The van der Waals surface area contributed by atoms with Gasteiger partial charge in [0.05, 0.1) is 5.69 Å². The highest BCUT2D eigenvalue weighted by molar-refractivity contribution is 7.09. The van der Waals surface area contributed by atoms with Gasteiger partial charge in [0.25, 0.3) is 0 Å². The molecular weight excluding hydrogens is 198 g/mol. The van der Waals surface area contributed by atoms with Crippen molar-refractivity contribution >= 4 is 17.6 Å². The van der Waals surface area contributed by atoms with Gasteiger partial charge in [0.1, 0.15) is 5.69 Å². The first-order valence-corrected chi connectivity index (χ1v) is 5.05. The van der Waals surface area contributed by atoms with E-state index in [0.717, 1.165) is 18.4 Å². The van der Waals surface area contributed by atoms with Crippen molar-refractivity contribution in [3.63, 3.8) is 0 Å². The fourth-order valence-electron chi connectivity index (χ4n) is 1.27. The average Bonchev–Trinajstić information content (AvgIpc) is 2.79. The summed E-state index contributed by atoms with van der Waals surface area (Å²) in [5, 5.41) is 9.59. The van der Waals surface area contributed by atoms with E-state index in [1.165, 1.54) is 4.88 Å². The number of hydrogen-bond donors (Lipinski definition) is 0. The van der Waals surface area contributed by atoms with Crippen LogP contribution in [0.2, 0.25) is 0 Å². The maximum Gasteiger partial charge on any atom is 0.172 e. The first kappa shape index (κ1) is 9.08. The number of aromatic nitrogens is 3. The number of rotatable bonds is 3. The molecule has 0 saturated heterocycles. The van der Waals surface area contributed by atoms with Gasteiger partial charge in [-0.25, -0.2) is 0 Å². The van der Waals surface area contributed by atoms with Gasteiger partial charge in [-0.15, -0.1) is 16.4 Å². The van der Waals surface area contributed by atoms with Crippen molar-refractivity contribution in [2.24, 2.45) is 7.05 Å². The van der Waals surface area contributed by atoms with E-state index in [1.807, 2.05) is 17.5 Å². The molecule has 2 aromatic rings. The maximum atomic E-state index is 10.7. The Kier molecular flexibility index (Phi) is 2.41. The standard InChI is InChI=1S/C9H9N3OS/c1-12-9(8(6-13)10-11-12)5-7-3-2-4-14-7/h2-4,6H,5H2,1H3. The number of aryl methyl sites for hydroxylation is 1. The largest absolute Gasteiger partial charge is 0.296 e.